The van der Waals surface area contributed by atoms with E-state index in [1.807, 2.05) is 57.2 Å². The Morgan fingerprint density at radius 2 is 1.96 bits per heavy atom. The average Bonchev–Trinajstić information content (AvgIpc) is 2.88. The summed E-state index contributed by atoms with van der Waals surface area (Å²) < 4.78 is 2.49. The van der Waals surface area contributed by atoms with Gasteiger partial charge in [0.15, 0.2) is 0 Å². The summed E-state index contributed by atoms with van der Waals surface area (Å²) in [7, 11) is 0. The molecule has 124 valence electrons. The van der Waals surface area contributed by atoms with Gasteiger partial charge in [-0.25, -0.2) is 0 Å². The molecule has 1 N–H and O–H groups in total. The predicted molar refractivity (Wildman–Crippen MR) is 100.0 cm³/mol. The molecule has 1 heterocycles. The van der Waals surface area contributed by atoms with Crippen molar-refractivity contribution in [2.45, 2.75) is 33.2 Å². The molecule has 0 fully saturated rings. The second-order valence-electron chi connectivity index (χ2n) is 5.95. The molecule has 0 aliphatic rings. The topological polar surface area (TPSA) is 51.1 Å². The van der Waals surface area contributed by atoms with Crippen LogP contribution in [-0.2, 0) is 4.79 Å². The maximum absolute atomic E-state index is 12.7. The van der Waals surface area contributed by atoms with Crippen LogP contribution in [0.5, 0.6) is 0 Å². The summed E-state index contributed by atoms with van der Waals surface area (Å²) in [6.07, 6.45) is 0.559. The highest BCUT2D eigenvalue weighted by Gasteiger charge is 2.23. The van der Waals surface area contributed by atoms with E-state index in [0.717, 1.165) is 21.5 Å². The minimum absolute atomic E-state index is 0.0989. The van der Waals surface area contributed by atoms with Crippen LogP contribution in [0.1, 0.15) is 30.5 Å². The molecule has 1 aromatic heterocycles. The number of fused-ring (bicyclic) bond motifs is 1. The Morgan fingerprint density at radius 1 is 1.21 bits per heavy atom. The number of aromatic nitrogens is 1. The highest BCUT2D eigenvalue weighted by atomic mass is 32.1. The van der Waals surface area contributed by atoms with E-state index in [1.165, 1.54) is 11.5 Å². The molecule has 0 aliphatic heterocycles. The number of benzene rings is 2. The minimum Gasteiger partial charge on any atom is -0.324 e. The van der Waals surface area contributed by atoms with Crippen molar-refractivity contribution in [2.24, 2.45) is 0 Å². The molecule has 24 heavy (non-hydrogen) atoms. The normalized spacial score (nSPS) is 12.3. The van der Waals surface area contributed by atoms with Gasteiger partial charge < -0.3 is 5.32 Å². The molecular formula is C19H20N2O2S. The highest BCUT2D eigenvalue weighted by Crippen LogP contribution is 2.23. The fourth-order valence-corrected chi connectivity index (χ4v) is 3.98. The molecule has 0 spiro atoms. The standard InChI is InChI=1S/C19H20N2O2S/c1-4-16(18(22)20-15-10-9-12(2)11-13(15)3)21-19(23)14-7-5-6-8-17(14)24-21/h5-11,16H,4H2,1-3H3,(H,20,22)/t16-/m0/s1. The smallest absolute Gasteiger partial charge is 0.269 e. The fraction of sp³-hybridized carbons (Fsp3) is 0.263. The molecule has 3 rings (SSSR count). The molecule has 3 aromatic rings. The van der Waals surface area contributed by atoms with Gasteiger partial charge in [0.25, 0.3) is 5.56 Å². The van der Waals surface area contributed by atoms with Crippen LogP contribution in [0, 0.1) is 13.8 Å². The van der Waals surface area contributed by atoms with Crippen molar-refractivity contribution in [3.63, 3.8) is 0 Å². The second-order valence-corrected chi connectivity index (χ2v) is 6.97. The lowest BCUT2D eigenvalue weighted by molar-refractivity contribution is -0.119. The van der Waals surface area contributed by atoms with E-state index in [-0.39, 0.29) is 11.5 Å². The Kier molecular flexibility index (Phi) is 4.53. The lowest BCUT2D eigenvalue weighted by Gasteiger charge is -2.16. The van der Waals surface area contributed by atoms with Crippen molar-refractivity contribution in [3.05, 3.63) is 63.9 Å². The first-order valence-electron chi connectivity index (χ1n) is 8.00. The van der Waals surface area contributed by atoms with Crippen LogP contribution >= 0.6 is 11.5 Å². The second kappa shape index (κ2) is 6.61. The molecule has 0 saturated carbocycles. The molecular weight excluding hydrogens is 320 g/mol. The van der Waals surface area contributed by atoms with Gasteiger partial charge in [-0.15, -0.1) is 0 Å². The average molecular weight is 340 g/mol. The monoisotopic (exact) mass is 340 g/mol. The maximum Gasteiger partial charge on any atom is 0.269 e. The molecule has 0 saturated heterocycles. The molecule has 0 bridgehead atoms. The van der Waals surface area contributed by atoms with E-state index >= 15 is 0 Å². The van der Waals surface area contributed by atoms with Crippen LogP contribution in [-0.4, -0.2) is 9.86 Å². The molecule has 0 aliphatic carbocycles. The van der Waals surface area contributed by atoms with Crippen molar-refractivity contribution in [1.82, 2.24) is 3.96 Å². The van der Waals surface area contributed by atoms with E-state index in [2.05, 4.69) is 5.32 Å². The Hall–Kier alpha value is -2.40. The van der Waals surface area contributed by atoms with Crippen molar-refractivity contribution in [2.75, 3.05) is 5.32 Å². The summed E-state index contributed by atoms with van der Waals surface area (Å²) in [4.78, 5) is 25.3. The largest absolute Gasteiger partial charge is 0.324 e. The van der Waals surface area contributed by atoms with Gasteiger partial charge in [-0.1, -0.05) is 48.3 Å². The fourth-order valence-electron chi connectivity index (χ4n) is 2.82. The van der Waals surface area contributed by atoms with E-state index in [9.17, 15) is 9.59 Å². The quantitative estimate of drug-likeness (QED) is 0.771. The number of carbonyl (C=O) groups excluding carboxylic acids is 1. The first-order chi connectivity index (χ1) is 11.5. The third-order valence-electron chi connectivity index (χ3n) is 4.13. The van der Waals surface area contributed by atoms with Crippen LogP contribution in [0.3, 0.4) is 0 Å². The lowest BCUT2D eigenvalue weighted by Crippen LogP contribution is -2.30. The summed E-state index contributed by atoms with van der Waals surface area (Å²) in [5.74, 6) is -0.155. The number of nitrogens with zero attached hydrogens (tertiary/aromatic N) is 1. The zero-order valence-corrected chi connectivity index (χ0v) is 14.8. The van der Waals surface area contributed by atoms with Gasteiger partial charge >= 0.3 is 0 Å². The van der Waals surface area contributed by atoms with Gasteiger partial charge in [-0.2, -0.15) is 0 Å². The van der Waals surface area contributed by atoms with Crippen LogP contribution in [0.25, 0.3) is 10.1 Å². The zero-order chi connectivity index (χ0) is 17.3. The van der Waals surface area contributed by atoms with Gasteiger partial charge in [0.05, 0.1) is 10.1 Å². The van der Waals surface area contributed by atoms with Gasteiger partial charge in [0.2, 0.25) is 5.91 Å². The van der Waals surface area contributed by atoms with Crippen molar-refractivity contribution >= 4 is 33.2 Å². The number of aryl methyl sites for hydroxylation is 2. The van der Waals surface area contributed by atoms with E-state index in [4.69, 9.17) is 0 Å². The Labute approximate surface area is 144 Å². The molecule has 4 nitrogen and oxygen atoms in total. The lowest BCUT2D eigenvalue weighted by atomic mass is 10.1. The molecule has 1 amide bonds. The molecule has 5 heteroatoms. The molecule has 0 unspecified atom stereocenters. The Bertz CT molecular complexity index is 955. The first kappa shape index (κ1) is 16.5. The summed E-state index contributed by atoms with van der Waals surface area (Å²) in [5.41, 5.74) is 2.86. The van der Waals surface area contributed by atoms with E-state index in [1.54, 1.807) is 10.0 Å². The number of nitrogens with one attached hydrogen (secondary N) is 1. The highest BCUT2D eigenvalue weighted by molar-refractivity contribution is 7.14. The van der Waals surface area contributed by atoms with E-state index in [0.29, 0.717) is 11.8 Å². The van der Waals surface area contributed by atoms with Crippen molar-refractivity contribution in [1.29, 1.82) is 0 Å². The van der Waals surface area contributed by atoms with Gasteiger partial charge in [0, 0.05) is 5.69 Å². The van der Waals surface area contributed by atoms with Gasteiger partial charge in [0.1, 0.15) is 6.04 Å². The van der Waals surface area contributed by atoms with Crippen LogP contribution in [0.15, 0.2) is 47.3 Å². The number of hydrogen-bond acceptors (Lipinski definition) is 3. The SMILES string of the molecule is CC[C@@H](C(=O)Nc1ccc(C)cc1C)n1sc2ccccc2c1=O. The number of carbonyl (C=O) groups is 1. The summed E-state index contributed by atoms with van der Waals surface area (Å²) in [6, 6.07) is 12.9. The van der Waals surface area contributed by atoms with Gasteiger partial charge in [-0.05, 0) is 44.0 Å². The zero-order valence-electron chi connectivity index (χ0n) is 14.0. The summed E-state index contributed by atoms with van der Waals surface area (Å²) in [6.45, 7) is 5.91. The first-order valence-corrected chi connectivity index (χ1v) is 8.77. The summed E-state index contributed by atoms with van der Waals surface area (Å²) in [5, 5.41) is 3.63. The Balaban J connectivity index is 1.94. The van der Waals surface area contributed by atoms with Crippen LogP contribution < -0.4 is 10.9 Å². The minimum atomic E-state index is -0.504. The van der Waals surface area contributed by atoms with Crippen LogP contribution in [0.4, 0.5) is 5.69 Å². The van der Waals surface area contributed by atoms with Crippen molar-refractivity contribution in [3.8, 4) is 0 Å². The number of hydrogen-bond donors (Lipinski definition) is 1. The molecule has 1 atom stereocenters. The number of rotatable bonds is 4. The Morgan fingerprint density at radius 3 is 2.62 bits per heavy atom. The maximum atomic E-state index is 12.7. The van der Waals surface area contributed by atoms with E-state index < -0.39 is 6.04 Å². The molecule has 2 aromatic carbocycles. The van der Waals surface area contributed by atoms with Crippen LogP contribution in [0.2, 0.25) is 0 Å². The number of anilines is 1. The number of amides is 1. The third kappa shape index (κ3) is 2.99. The molecule has 0 radical (unpaired) electrons. The van der Waals surface area contributed by atoms with Crippen molar-refractivity contribution < 1.29 is 4.79 Å². The third-order valence-corrected chi connectivity index (χ3v) is 5.30. The summed E-state index contributed by atoms with van der Waals surface area (Å²) >= 11 is 1.35. The predicted octanol–water partition coefficient (Wildman–Crippen LogP) is 4.27. The van der Waals surface area contributed by atoms with Gasteiger partial charge in [-0.3, -0.25) is 13.5 Å².